The molecule has 4 heterocycles. The van der Waals surface area contributed by atoms with Gasteiger partial charge in [-0.05, 0) is 27.7 Å². The third-order valence-corrected chi connectivity index (χ3v) is 9.40. The molecule has 0 spiro atoms. The molecule has 0 bridgehead atoms. The molecule has 0 aromatic carbocycles. The fourth-order valence-corrected chi connectivity index (χ4v) is 7.73. The summed E-state index contributed by atoms with van der Waals surface area (Å²) in [7, 11) is 0. The molecule has 7 nitrogen and oxygen atoms in total. The molecule has 4 rings (SSSR count). The van der Waals surface area contributed by atoms with Gasteiger partial charge in [-0.2, -0.15) is 0 Å². The highest BCUT2D eigenvalue weighted by Gasteiger charge is 2.42. The Bertz CT molecular complexity index is 970. The molecule has 12 heteroatoms. The molecule has 0 fully saturated rings. The summed E-state index contributed by atoms with van der Waals surface area (Å²) in [6, 6.07) is 0. The highest BCUT2D eigenvalue weighted by Crippen LogP contribution is 2.41. The van der Waals surface area contributed by atoms with Crippen molar-refractivity contribution in [3.8, 4) is 0 Å². The van der Waals surface area contributed by atoms with Gasteiger partial charge in [0.2, 0.25) is 24.1 Å². The molecule has 2 aromatic rings. The summed E-state index contributed by atoms with van der Waals surface area (Å²) in [4.78, 5) is 36.4. The molecule has 2 atom stereocenters. The molecule has 152 valence electrons. The number of Topliss-reactive ketones (excluding diaryl/α,β-unsaturated/α-hetero) is 2. The summed E-state index contributed by atoms with van der Waals surface area (Å²) >= 11 is 9.54. The lowest BCUT2D eigenvalue weighted by atomic mass is 10.0. The van der Waals surface area contributed by atoms with Gasteiger partial charge in [-0.1, -0.05) is 34.9 Å². The van der Waals surface area contributed by atoms with Crippen molar-refractivity contribution >= 4 is 69.1 Å². The third kappa shape index (κ3) is 3.98. The highest BCUT2D eigenvalue weighted by molar-refractivity contribution is 7.76. The fourth-order valence-electron chi connectivity index (χ4n) is 2.67. The number of ketones is 2. The average molecular weight is 481 g/mol. The van der Waals surface area contributed by atoms with E-state index in [-0.39, 0.29) is 9.84 Å². The van der Waals surface area contributed by atoms with Crippen LogP contribution in [0.3, 0.4) is 0 Å². The van der Waals surface area contributed by atoms with Gasteiger partial charge in [0.15, 0.2) is 0 Å². The normalized spacial score (nSPS) is 24.8. The van der Waals surface area contributed by atoms with E-state index in [1.165, 1.54) is 22.7 Å². The minimum atomic E-state index is -1.44. The van der Waals surface area contributed by atoms with Gasteiger partial charge in [0.1, 0.15) is 14.3 Å². The fraction of sp³-hybridized carbons (Fsp3) is 0.500. The number of rotatable bonds is 0. The van der Waals surface area contributed by atoms with Crippen LogP contribution in [0.4, 0.5) is 0 Å². The monoisotopic (exact) mass is 480 g/mol. The Morgan fingerprint density at radius 1 is 0.786 bits per heavy atom. The quantitative estimate of drug-likeness (QED) is 0.553. The van der Waals surface area contributed by atoms with Crippen LogP contribution in [0.1, 0.15) is 56.8 Å². The van der Waals surface area contributed by atoms with Crippen molar-refractivity contribution in [3.05, 3.63) is 31.5 Å². The zero-order valence-corrected chi connectivity index (χ0v) is 19.2. The van der Waals surface area contributed by atoms with Crippen LogP contribution in [0.5, 0.6) is 0 Å². The first-order valence-corrected chi connectivity index (χ1v) is 11.6. The maximum absolute atomic E-state index is 11.5. The first kappa shape index (κ1) is 22.0. The van der Waals surface area contributed by atoms with E-state index >= 15 is 0 Å². The van der Waals surface area contributed by atoms with Crippen molar-refractivity contribution in [2.75, 3.05) is 0 Å². The topological polar surface area (TPSA) is 110 Å². The summed E-state index contributed by atoms with van der Waals surface area (Å²) < 4.78 is 10.9. The lowest BCUT2D eigenvalue weighted by Gasteiger charge is -2.31. The summed E-state index contributed by atoms with van der Waals surface area (Å²) in [6.07, 6.45) is -2.79. The molecule has 0 saturated heterocycles. The minimum Gasteiger partial charge on any atom is -0.362 e. The third-order valence-electron chi connectivity index (χ3n) is 3.96. The maximum Gasteiger partial charge on any atom is 0.288 e. The standard InChI is InChI=1S/C8H8O4S2.C8H8O3S3/c1-8(2)5-4(13-7(11)14-5)3(9)6(10)12-8;1-8(2)5-4(13-7(12)14-5)3(9)6(10)11-8/h2*6,10H,1-2H3. The van der Waals surface area contributed by atoms with Crippen LogP contribution in [0.15, 0.2) is 4.79 Å². The smallest absolute Gasteiger partial charge is 0.288 e. The molecular weight excluding hydrogens is 465 g/mol. The number of fused-ring (bicyclic) bond motifs is 2. The van der Waals surface area contributed by atoms with Crippen molar-refractivity contribution in [1.29, 1.82) is 0 Å². The minimum absolute atomic E-state index is 0.144. The Morgan fingerprint density at radius 3 is 1.71 bits per heavy atom. The number of carbonyl (C=O) groups is 2. The van der Waals surface area contributed by atoms with E-state index in [2.05, 4.69) is 0 Å². The second-order valence-electron chi connectivity index (χ2n) is 6.91. The molecule has 28 heavy (non-hydrogen) atoms. The molecule has 0 aliphatic carbocycles. The van der Waals surface area contributed by atoms with Crippen LogP contribution in [-0.4, -0.2) is 34.4 Å². The molecule has 2 aliphatic heterocycles. The molecule has 2 aliphatic rings. The Morgan fingerprint density at radius 2 is 1.21 bits per heavy atom. The van der Waals surface area contributed by atoms with E-state index in [4.69, 9.17) is 21.7 Å². The molecule has 2 N–H and O–H groups in total. The van der Waals surface area contributed by atoms with Gasteiger partial charge in [0.05, 0.1) is 19.5 Å². The van der Waals surface area contributed by atoms with Gasteiger partial charge in [-0.15, -0.1) is 22.7 Å². The van der Waals surface area contributed by atoms with E-state index in [9.17, 15) is 24.6 Å². The maximum atomic E-state index is 11.5. The number of hydrogen-bond acceptors (Lipinski definition) is 12. The lowest BCUT2D eigenvalue weighted by molar-refractivity contribution is -0.155. The number of ether oxygens (including phenoxy) is 2. The van der Waals surface area contributed by atoms with Crippen molar-refractivity contribution in [2.45, 2.75) is 51.5 Å². The van der Waals surface area contributed by atoms with Crippen LogP contribution < -0.4 is 4.06 Å². The second kappa shape index (κ2) is 7.52. The summed E-state index contributed by atoms with van der Waals surface area (Å²) in [5.74, 6) is -0.889. The Hall–Kier alpha value is -0.700. The molecule has 2 unspecified atom stereocenters. The number of carbonyl (C=O) groups excluding carboxylic acids is 2. The summed E-state index contributed by atoms with van der Waals surface area (Å²) in [6.45, 7) is 7.09. The Kier molecular flexibility index (Phi) is 5.91. The van der Waals surface area contributed by atoms with Gasteiger partial charge in [0, 0.05) is 0 Å². The predicted molar refractivity (Wildman–Crippen MR) is 110 cm³/mol. The predicted octanol–water partition coefficient (Wildman–Crippen LogP) is 3.24. The average Bonchev–Trinajstić information content (AvgIpc) is 3.15. The molecular formula is C16H16O7S5. The molecule has 0 radical (unpaired) electrons. The molecule has 0 saturated carbocycles. The van der Waals surface area contributed by atoms with E-state index in [1.54, 1.807) is 13.8 Å². The van der Waals surface area contributed by atoms with E-state index in [0.717, 1.165) is 27.6 Å². The summed E-state index contributed by atoms with van der Waals surface area (Å²) in [5.41, 5.74) is -1.38. The van der Waals surface area contributed by atoms with Crippen LogP contribution in [0.25, 0.3) is 0 Å². The zero-order chi connectivity index (χ0) is 21.0. The largest absolute Gasteiger partial charge is 0.362 e. The molecule has 2 aromatic heterocycles. The Labute approximate surface area is 180 Å². The van der Waals surface area contributed by atoms with Crippen LogP contribution in [0.2, 0.25) is 0 Å². The number of hydrogen-bond donors (Lipinski definition) is 2. The van der Waals surface area contributed by atoms with E-state index in [1.807, 2.05) is 13.8 Å². The second-order valence-corrected chi connectivity index (χ2v) is 12.4. The van der Waals surface area contributed by atoms with Crippen molar-refractivity contribution in [3.63, 3.8) is 0 Å². The molecule has 0 amide bonds. The lowest BCUT2D eigenvalue weighted by Crippen LogP contribution is -2.39. The Balaban J connectivity index is 0.000000161. The zero-order valence-electron chi connectivity index (χ0n) is 15.1. The number of aliphatic hydroxyl groups is 2. The van der Waals surface area contributed by atoms with Gasteiger partial charge >= 0.3 is 0 Å². The van der Waals surface area contributed by atoms with Crippen LogP contribution in [-0.2, 0) is 20.7 Å². The highest BCUT2D eigenvalue weighted by atomic mass is 32.2. The van der Waals surface area contributed by atoms with Crippen LogP contribution in [0, 0.1) is 3.14 Å². The van der Waals surface area contributed by atoms with Crippen molar-refractivity contribution in [1.82, 2.24) is 0 Å². The first-order chi connectivity index (χ1) is 12.8. The number of aliphatic hydroxyl groups excluding tert-OH is 2. The SMILES string of the molecule is CC1(C)OC(O)C(=O)c2sc(=O)sc21.CC1(C)OC(O)C(=O)c2sc(=S)sc21. The van der Waals surface area contributed by atoms with Crippen molar-refractivity contribution in [2.24, 2.45) is 0 Å². The van der Waals surface area contributed by atoms with Crippen molar-refractivity contribution < 1.29 is 29.3 Å². The first-order valence-electron chi connectivity index (χ1n) is 7.92. The summed E-state index contributed by atoms with van der Waals surface area (Å²) in [5, 5.41) is 18.7. The van der Waals surface area contributed by atoms with Gasteiger partial charge in [-0.3, -0.25) is 14.4 Å². The van der Waals surface area contributed by atoms with E-state index in [0.29, 0.717) is 17.8 Å². The van der Waals surface area contributed by atoms with Gasteiger partial charge < -0.3 is 19.7 Å². The van der Waals surface area contributed by atoms with Gasteiger partial charge in [0.25, 0.3) is 4.06 Å². The van der Waals surface area contributed by atoms with Crippen LogP contribution >= 0.6 is 57.6 Å². The van der Waals surface area contributed by atoms with E-state index < -0.39 is 29.6 Å². The van der Waals surface area contributed by atoms with Gasteiger partial charge in [-0.25, -0.2) is 0 Å².